The van der Waals surface area contributed by atoms with Crippen LogP contribution in [0.15, 0.2) is 69.0 Å². The van der Waals surface area contributed by atoms with Gasteiger partial charge in [-0.25, -0.2) is 4.98 Å². The van der Waals surface area contributed by atoms with Gasteiger partial charge in [-0.1, -0.05) is 64.3 Å². The molecule has 186 valence electrons. The fraction of sp³-hybridized carbons (Fsp3) is 0.250. The van der Waals surface area contributed by atoms with Crippen LogP contribution in [0.2, 0.25) is 5.02 Å². The van der Waals surface area contributed by atoms with Gasteiger partial charge < -0.3 is 9.47 Å². The number of aromatic nitrogens is 2. The molecule has 6 nitrogen and oxygen atoms in total. The van der Waals surface area contributed by atoms with E-state index in [1.54, 1.807) is 24.4 Å². The van der Waals surface area contributed by atoms with Gasteiger partial charge in [0.05, 0.1) is 28.7 Å². The lowest BCUT2D eigenvalue weighted by Gasteiger charge is -2.15. The van der Waals surface area contributed by atoms with E-state index in [1.165, 1.54) is 10.2 Å². The molecule has 0 saturated heterocycles. The molecular weight excluding hydrogens is 542 g/mol. The zero-order chi connectivity index (χ0) is 25.7. The lowest BCUT2D eigenvalue weighted by atomic mass is 10.1. The van der Waals surface area contributed by atoms with Crippen LogP contribution in [0.1, 0.15) is 42.8 Å². The zero-order valence-corrected chi connectivity index (χ0v) is 22.8. The number of fused-ring (bicyclic) bond motifs is 1. The van der Waals surface area contributed by atoms with Crippen LogP contribution in [-0.4, -0.2) is 22.5 Å². The number of nitrogens with zero attached hydrogens (tertiary/aromatic N) is 3. The summed E-state index contributed by atoms with van der Waals surface area (Å²) in [4.78, 5) is 17.9. The summed E-state index contributed by atoms with van der Waals surface area (Å²) in [6.45, 7) is 6.79. The van der Waals surface area contributed by atoms with Crippen molar-refractivity contribution in [1.82, 2.24) is 9.66 Å². The van der Waals surface area contributed by atoms with Crippen LogP contribution in [0.5, 0.6) is 11.5 Å². The van der Waals surface area contributed by atoms with Crippen molar-refractivity contribution >= 4 is 44.6 Å². The predicted octanol–water partition coefficient (Wildman–Crippen LogP) is 6.93. The summed E-state index contributed by atoms with van der Waals surface area (Å²) < 4.78 is 14.0. The monoisotopic (exact) mass is 567 g/mol. The molecule has 4 rings (SSSR count). The fourth-order valence-corrected chi connectivity index (χ4v) is 4.36. The van der Waals surface area contributed by atoms with Crippen LogP contribution >= 0.6 is 27.5 Å². The molecule has 0 spiro atoms. The maximum absolute atomic E-state index is 13.2. The quantitative estimate of drug-likeness (QED) is 0.205. The van der Waals surface area contributed by atoms with E-state index < -0.39 is 0 Å². The van der Waals surface area contributed by atoms with Crippen molar-refractivity contribution in [3.8, 4) is 11.5 Å². The molecule has 36 heavy (non-hydrogen) atoms. The molecule has 0 unspecified atom stereocenters. The van der Waals surface area contributed by atoms with Crippen molar-refractivity contribution in [3.05, 3.63) is 97.0 Å². The number of benzene rings is 3. The Labute approximate surface area is 223 Å². The van der Waals surface area contributed by atoms with E-state index in [9.17, 15) is 4.79 Å². The SMILES string of the molecule is CCCc1nc2ccc(Br)cc2c(=O)n1N=Cc1cc(Cl)c(OCc2ccc(C)cc2)c(OCC)c1. The normalized spacial score (nSPS) is 11.4. The summed E-state index contributed by atoms with van der Waals surface area (Å²) in [5.41, 5.74) is 3.31. The largest absolute Gasteiger partial charge is 0.490 e. The second kappa shape index (κ2) is 11.7. The Bertz CT molecular complexity index is 1470. The Hall–Kier alpha value is -3.16. The standard InChI is InChI=1S/C28H27BrClN3O3/c1-4-6-26-32-24-12-11-21(29)15-22(24)28(34)33(26)31-16-20-13-23(30)27(25(14-20)35-5-2)36-17-19-9-7-18(3)8-10-19/h7-16H,4-6,17H2,1-3H3. The molecule has 0 aliphatic rings. The van der Waals surface area contributed by atoms with Crippen LogP contribution in [0.4, 0.5) is 0 Å². The molecule has 8 heteroatoms. The molecular formula is C28H27BrClN3O3. The first kappa shape index (κ1) is 25.9. The van der Waals surface area contributed by atoms with Crippen LogP contribution in [0.3, 0.4) is 0 Å². The number of halogens is 2. The summed E-state index contributed by atoms with van der Waals surface area (Å²) in [6.07, 6.45) is 3.04. The minimum absolute atomic E-state index is 0.227. The highest BCUT2D eigenvalue weighted by Gasteiger charge is 2.14. The number of hydrogen-bond donors (Lipinski definition) is 0. The first-order valence-electron chi connectivity index (χ1n) is 11.8. The maximum atomic E-state index is 13.2. The minimum Gasteiger partial charge on any atom is -0.490 e. The summed E-state index contributed by atoms with van der Waals surface area (Å²) in [5.74, 6) is 1.58. The van der Waals surface area contributed by atoms with Gasteiger partial charge in [0.15, 0.2) is 11.5 Å². The van der Waals surface area contributed by atoms with E-state index in [0.29, 0.717) is 58.4 Å². The van der Waals surface area contributed by atoms with Crippen molar-refractivity contribution in [1.29, 1.82) is 0 Å². The molecule has 3 aromatic carbocycles. The number of aryl methyl sites for hydroxylation is 2. The number of rotatable bonds is 9. The van der Waals surface area contributed by atoms with Crippen molar-refractivity contribution in [2.75, 3.05) is 6.61 Å². The van der Waals surface area contributed by atoms with Crippen LogP contribution in [-0.2, 0) is 13.0 Å². The van der Waals surface area contributed by atoms with Gasteiger partial charge in [0.1, 0.15) is 12.4 Å². The van der Waals surface area contributed by atoms with Crippen molar-refractivity contribution in [2.45, 2.75) is 40.2 Å². The Morgan fingerprint density at radius 3 is 2.58 bits per heavy atom. The molecule has 0 aliphatic heterocycles. The molecule has 0 bridgehead atoms. The summed E-state index contributed by atoms with van der Waals surface area (Å²) in [7, 11) is 0. The number of hydrogen-bond acceptors (Lipinski definition) is 5. The topological polar surface area (TPSA) is 65.7 Å². The van der Waals surface area contributed by atoms with Crippen LogP contribution in [0, 0.1) is 6.92 Å². The first-order valence-corrected chi connectivity index (χ1v) is 13.0. The minimum atomic E-state index is -0.227. The molecule has 0 atom stereocenters. The molecule has 0 saturated carbocycles. The third-order valence-electron chi connectivity index (χ3n) is 5.51. The summed E-state index contributed by atoms with van der Waals surface area (Å²) in [5, 5.41) is 5.39. The molecule has 1 heterocycles. The highest BCUT2D eigenvalue weighted by molar-refractivity contribution is 9.10. The third-order valence-corrected chi connectivity index (χ3v) is 6.28. The van der Waals surface area contributed by atoms with Gasteiger partial charge in [-0.15, -0.1) is 0 Å². The predicted molar refractivity (Wildman–Crippen MR) is 149 cm³/mol. The second-order valence-corrected chi connectivity index (χ2v) is 9.66. The van der Waals surface area contributed by atoms with Gasteiger partial charge in [-0.05, 0) is 61.7 Å². The maximum Gasteiger partial charge on any atom is 0.282 e. The van der Waals surface area contributed by atoms with E-state index in [1.807, 2.05) is 57.2 Å². The Balaban J connectivity index is 1.68. The molecule has 0 radical (unpaired) electrons. The van der Waals surface area contributed by atoms with E-state index in [4.69, 9.17) is 21.1 Å². The first-order chi connectivity index (χ1) is 17.4. The van der Waals surface area contributed by atoms with E-state index in [2.05, 4.69) is 26.0 Å². The van der Waals surface area contributed by atoms with E-state index in [0.717, 1.165) is 16.5 Å². The molecule has 0 aliphatic carbocycles. The van der Waals surface area contributed by atoms with Crippen molar-refractivity contribution in [3.63, 3.8) is 0 Å². The summed E-state index contributed by atoms with van der Waals surface area (Å²) >= 11 is 10.0. The number of ether oxygens (including phenoxy) is 2. The highest BCUT2D eigenvalue weighted by atomic mass is 79.9. The smallest absolute Gasteiger partial charge is 0.282 e. The average molecular weight is 569 g/mol. The molecule has 0 fully saturated rings. The van der Waals surface area contributed by atoms with Crippen molar-refractivity contribution < 1.29 is 9.47 Å². The van der Waals surface area contributed by atoms with Gasteiger partial charge in [0.2, 0.25) is 0 Å². The molecule has 0 amide bonds. The van der Waals surface area contributed by atoms with Crippen molar-refractivity contribution in [2.24, 2.45) is 5.10 Å². The van der Waals surface area contributed by atoms with E-state index in [-0.39, 0.29) is 5.56 Å². The molecule has 4 aromatic rings. The Kier molecular flexibility index (Phi) is 8.44. The molecule has 1 aromatic heterocycles. The lowest BCUT2D eigenvalue weighted by molar-refractivity contribution is 0.269. The van der Waals surface area contributed by atoms with Gasteiger partial charge in [-0.3, -0.25) is 4.79 Å². The highest BCUT2D eigenvalue weighted by Crippen LogP contribution is 2.37. The second-order valence-electron chi connectivity index (χ2n) is 8.34. The van der Waals surface area contributed by atoms with Gasteiger partial charge in [0, 0.05) is 10.9 Å². The van der Waals surface area contributed by atoms with E-state index >= 15 is 0 Å². The summed E-state index contributed by atoms with van der Waals surface area (Å²) in [6, 6.07) is 17.1. The zero-order valence-electron chi connectivity index (χ0n) is 20.4. The van der Waals surface area contributed by atoms with Gasteiger partial charge >= 0.3 is 0 Å². The van der Waals surface area contributed by atoms with Crippen LogP contribution < -0.4 is 15.0 Å². The van der Waals surface area contributed by atoms with Crippen LogP contribution in [0.25, 0.3) is 10.9 Å². The van der Waals surface area contributed by atoms with Gasteiger partial charge in [0.25, 0.3) is 5.56 Å². The Morgan fingerprint density at radius 1 is 1.08 bits per heavy atom. The lowest BCUT2D eigenvalue weighted by Crippen LogP contribution is -2.22. The average Bonchev–Trinajstić information content (AvgIpc) is 2.85. The fourth-order valence-electron chi connectivity index (χ4n) is 3.73. The molecule has 0 N–H and O–H groups in total. The third kappa shape index (κ3) is 5.97. The van der Waals surface area contributed by atoms with Gasteiger partial charge in [-0.2, -0.15) is 9.78 Å². The Morgan fingerprint density at radius 2 is 1.86 bits per heavy atom.